The highest BCUT2D eigenvalue weighted by atomic mass is 79.9. The normalized spacial score (nSPS) is 11.0. The van der Waals surface area contributed by atoms with Crippen LogP contribution in [0.3, 0.4) is 0 Å². The van der Waals surface area contributed by atoms with Gasteiger partial charge in [0.2, 0.25) is 11.7 Å². The van der Waals surface area contributed by atoms with Crippen molar-refractivity contribution in [3.05, 3.63) is 83.2 Å². The van der Waals surface area contributed by atoms with E-state index in [1.54, 1.807) is 10.9 Å². The Bertz CT molecular complexity index is 1410. The van der Waals surface area contributed by atoms with Crippen LogP contribution in [-0.4, -0.2) is 24.9 Å². The van der Waals surface area contributed by atoms with Crippen LogP contribution >= 0.6 is 15.9 Å². The van der Waals surface area contributed by atoms with E-state index in [9.17, 15) is 0 Å². The Morgan fingerprint density at radius 3 is 2.69 bits per heavy atom. The molecule has 0 unspecified atom stereocenters. The van der Waals surface area contributed by atoms with Gasteiger partial charge in [-0.3, -0.25) is 4.68 Å². The molecule has 0 radical (unpaired) electrons. The van der Waals surface area contributed by atoms with Gasteiger partial charge in [-0.2, -0.15) is 10.1 Å². The Labute approximate surface area is 192 Å². The number of benzene rings is 2. The summed E-state index contributed by atoms with van der Waals surface area (Å²) >= 11 is 3.54. The molecule has 158 valence electrons. The van der Waals surface area contributed by atoms with Crippen molar-refractivity contribution in [1.82, 2.24) is 24.9 Å². The fraction of sp³-hybridized carbons (Fsp3) is 0.0833. The minimum Gasteiger partial charge on any atom is -0.437 e. The highest BCUT2D eigenvalue weighted by Gasteiger charge is 2.17. The standard InChI is InChI=1S/C24H18BrN5O2/c1-15-8-9-21(20(25)11-15)31-24-19(7-4-10-26-24)22-28-23(32-29-22)17-6-3-5-16(12-17)18-13-27-30(2)14-18/h3-14H,1-2H3. The Morgan fingerprint density at radius 1 is 1.00 bits per heavy atom. The van der Waals surface area contributed by atoms with Gasteiger partial charge in [0, 0.05) is 30.6 Å². The van der Waals surface area contributed by atoms with Crippen LogP contribution in [-0.2, 0) is 7.05 Å². The average Bonchev–Trinajstić information content (AvgIpc) is 3.46. The fourth-order valence-electron chi connectivity index (χ4n) is 3.29. The zero-order valence-electron chi connectivity index (χ0n) is 17.4. The van der Waals surface area contributed by atoms with Gasteiger partial charge in [0.1, 0.15) is 5.75 Å². The first-order valence-electron chi connectivity index (χ1n) is 9.89. The summed E-state index contributed by atoms with van der Waals surface area (Å²) in [5.74, 6) is 1.87. The largest absolute Gasteiger partial charge is 0.437 e. The van der Waals surface area contributed by atoms with E-state index in [0.717, 1.165) is 26.7 Å². The summed E-state index contributed by atoms with van der Waals surface area (Å²) in [6.45, 7) is 2.02. The van der Waals surface area contributed by atoms with Crippen LogP contribution in [0.4, 0.5) is 0 Å². The van der Waals surface area contributed by atoms with Crippen LogP contribution in [0.1, 0.15) is 5.56 Å². The van der Waals surface area contributed by atoms with Crippen LogP contribution in [0, 0.1) is 6.92 Å². The first-order chi connectivity index (χ1) is 15.6. The van der Waals surface area contributed by atoms with Gasteiger partial charge in [0.15, 0.2) is 0 Å². The molecule has 0 saturated heterocycles. The van der Waals surface area contributed by atoms with Gasteiger partial charge in [0.25, 0.3) is 5.89 Å². The van der Waals surface area contributed by atoms with E-state index < -0.39 is 0 Å². The summed E-state index contributed by atoms with van der Waals surface area (Å²) in [6, 6.07) is 17.4. The third-order valence-corrected chi connectivity index (χ3v) is 5.50. The molecule has 0 bridgehead atoms. The molecule has 32 heavy (non-hydrogen) atoms. The zero-order valence-corrected chi connectivity index (χ0v) is 18.9. The molecule has 8 heteroatoms. The third-order valence-electron chi connectivity index (χ3n) is 4.88. The van der Waals surface area contributed by atoms with Gasteiger partial charge >= 0.3 is 0 Å². The molecule has 3 aromatic heterocycles. The van der Waals surface area contributed by atoms with Crippen LogP contribution < -0.4 is 4.74 Å². The molecule has 7 nitrogen and oxygen atoms in total. The van der Waals surface area contributed by atoms with Crippen molar-refractivity contribution in [3.63, 3.8) is 0 Å². The van der Waals surface area contributed by atoms with Gasteiger partial charge < -0.3 is 9.26 Å². The highest BCUT2D eigenvalue weighted by molar-refractivity contribution is 9.10. The number of hydrogen-bond acceptors (Lipinski definition) is 6. The predicted octanol–water partition coefficient (Wildman–Crippen LogP) is 6.06. The van der Waals surface area contributed by atoms with Crippen LogP contribution in [0.2, 0.25) is 0 Å². The maximum atomic E-state index is 6.06. The lowest BCUT2D eigenvalue weighted by molar-refractivity contribution is 0.430. The summed E-state index contributed by atoms with van der Waals surface area (Å²) in [5, 5.41) is 8.41. The second-order valence-electron chi connectivity index (χ2n) is 7.30. The number of ether oxygens (including phenoxy) is 1. The Balaban J connectivity index is 1.47. The summed E-state index contributed by atoms with van der Waals surface area (Å²) in [6.07, 6.45) is 5.45. The lowest BCUT2D eigenvalue weighted by Gasteiger charge is -2.09. The van der Waals surface area contributed by atoms with Crippen molar-refractivity contribution >= 4 is 15.9 Å². The van der Waals surface area contributed by atoms with Crippen molar-refractivity contribution in [2.24, 2.45) is 7.05 Å². The Hall–Kier alpha value is -3.78. The maximum absolute atomic E-state index is 6.06. The molecular formula is C24H18BrN5O2. The SMILES string of the molecule is Cc1ccc(Oc2ncccc2-c2noc(-c3cccc(-c4cnn(C)c4)c3)n2)c(Br)c1. The number of halogens is 1. The van der Waals surface area contributed by atoms with E-state index in [1.165, 1.54) is 0 Å². The van der Waals surface area contributed by atoms with Crippen molar-refractivity contribution in [1.29, 1.82) is 0 Å². The second kappa shape index (κ2) is 8.39. The van der Waals surface area contributed by atoms with E-state index in [0.29, 0.717) is 28.9 Å². The van der Waals surface area contributed by atoms with Gasteiger partial charge in [0.05, 0.1) is 16.2 Å². The molecule has 3 heterocycles. The van der Waals surface area contributed by atoms with Crippen LogP contribution in [0.15, 0.2) is 82.2 Å². The minimum absolute atomic E-state index is 0.397. The lowest BCUT2D eigenvalue weighted by atomic mass is 10.1. The van der Waals surface area contributed by atoms with Gasteiger partial charge in [-0.15, -0.1) is 0 Å². The molecule has 0 aliphatic carbocycles. The molecule has 0 N–H and O–H groups in total. The molecule has 0 aliphatic rings. The molecule has 0 aliphatic heterocycles. The predicted molar refractivity (Wildman–Crippen MR) is 124 cm³/mol. The molecule has 2 aromatic carbocycles. The third kappa shape index (κ3) is 4.04. The molecular weight excluding hydrogens is 470 g/mol. The number of aromatic nitrogens is 5. The van der Waals surface area contributed by atoms with Crippen molar-refractivity contribution in [3.8, 4) is 45.6 Å². The quantitative estimate of drug-likeness (QED) is 0.299. The van der Waals surface area contributed by atoms with Crippen molar-refractivity contribution < 1.29 is 9.26 Å². The van der Waals surface area contributed by atoms with Gasteiger partial charge in [-0.05, 0) is 70.4 Å². The highest BCUT2D eigenvalue weighted by Crippen LogP contribution is 2.35. The number of aryl methyl sites for hydroxylation is 2. The monoisotopic (exact) mass is 487 g/mol. The molecule has 0 amide bonds. The minimum atomic E-state index is 0.397. The number of hydrogen-bond donors (Lipinski definition) is 0. The number of nitrogens with zero attached hydrogens (tertiary/aromatic N) is 5. The summed E-state index contributed by atoms with van der Waals surface area (Å²) < 4.78 is 14.2. The van der Waals surface area contributed by atoms with Crippen LogP contribution in [0.5, 0.6) is 11.6 Å². The van der Waals surface area contributed by atoms with E-state index in [1.807, 2.05) is 81.0 Å². The molecule has 0 fully saturated rings. The van der Waals surface area contributed by atoms with Crippen LogP contribution in [0.25, 0.3) is 34.0 Å². The summed E-state index contributed by atoms with van der Waals surface area (Å²) in [7, 11) is 1.89. The second-order valence-corrected chi connectivity index (χ2v) is 8.15. The van der Waals surface area contributed by atoms with Crippen molar-refractivity contribution in [2.45, 2.75) is 6.92 Å². The molecule has 5 aromatic rings. The maximum Gasteiger partial charge on any atom is 0.258 e. The molecule has 0 saturated carbocycles. The fourth-order valence-corrected chi connectivity index (χ4v) is 3.86. The smallest absolute Gasteiger partial charge is 0.258 e. The van der Waals surface area contributed by atoms with E-state index in [-0.39, 0.29) is 0 Å². The summed E-state index contributed by atoms with van der Waals surface area (Å²) in [5.41, 5.74) is 4.61. The van der Waals surface area contributed by atoms with Gasteiger partial charge in [-0.1, -0.05) is 23.4 Å². The Morgan fingerprint density at radius 2 is 1.88 bits per heavy atom. The van der Waals surface area contributed by atoms with E-state index in [2.05, 4.69) is 36.2 Å². The summed E-state index contributed by atoms with van der Waals surface area (Å²) in [4.78, 5) is 8.98. The van der Waals surface area contributed by atoms with Crippen molar-refractivity contribution in [2.75, 3.05) is 0 Å². The zero-order chi connectivity index (χ0) is 22.1. The van der Waals surface area contributed by atoms with E-state index >= 15 is 0 Å². The first kappa shape index (κ1) is 20.1. The first-order valence-corrected chi connectivity index (χ1v) is 10.7. The van der Waals surface area contributed by atoms with Gasteiger partial charge in [-0.25, -0.2) is 4.98 Å². The molecule has 0 spiro atoms. The lowest BCUT2D eigenvalue weighted by Crippen LogP contribution is -1.93. The topological polar surface area (TPSA) is 78.9 Å². The molecule has 0 atom stereocenters. The molecule has 5 rings (SSSR count). The van der Waals surface area contributed by atoms with E-state index in [4.69, 9.17) is 9.26 Å². The number of pyridine rings is 1. The average molecular weight is 488 g/mol. The number of rotatable bonds is 5. The Kier molecular flexibility index (Phi) is 5.28.